The van der Waals surface area contributed by atoms with Gasteiger partial charge < -0.3 is 30.3 Å². The number of pyridine rings is 1. The number of carbonyl (C=O) groups is 1. The van der Waals surface area contributed by atoms with E-state index < -0.39 is 6.17 Å². The zero-order valence-electron chi connectivity index (χ0n) is 22.0. The smallest absolute Gasteiger partial charge is 0.251 e. The second-order valence-corrected chi connectivity index (χ2v) is 10.3. The normalized spacial score (nSPS) is 21.3. The van der Waals surface area contributed by atoms with E-state index in [0.717, 1.165) is 24.2 Å². The molecule has 206 valence electrons. The van der Waals surface area contributed by atoms with Gasteiger partial charge >= 0.3 is 0 Å². The summed E-state index contributed by atoms with van der Waals surface area (Å²) < 4.78 is 27.1. The van der Waals surface area contributed by atoms with Crippen LogP contribution >= 0.6 is 12.6 Å². The number of nitrogens with zero attached hydrogens (tertiary/aromatic N) is 3. The first-order valence-electron chi connectivity index (χ1n) is 13.0. The number of methoxy groups -OCH3 is 1. The van der Waals surface area contributed by atoms with Crippen LogP contribution in [0.2, 0.25) is 0 Å². The maximum Gasteiger partial charge on any atom is 0.251 e. The number of thiol groups is 1. The van der Waals surface area contributed by atoms with Crippen LogP contribution in [0.25, 0.3) is 5.52 Å². The zero-order valence-corrected chi connectivity index (χ0v) is 22.9. The first-order chi connectivity index (χ1) is 18.9. The Bertz CT molecular complexity index is 1400. The maximum absolute atomic E-state index is 14.6. The van der Waals surface area contributed by atoms with E-state index >= 15 is 0 Å². The van der Waals surface area contributed by atoms with E-state index in [2.05, 4.69) is 45.5 Å². The number of halogens is 1. The second-order valence-electron chi connectivity index (χ2n) is 9.83. The average molecular weight is 553 g/mol. The van der Waals surface area contributed by atoms with Gasteiger partial charge in [-0.05, 0) is 56.1 Å². The van der Waals surface area contributed by atoms with Crippen molar-refractivity contribution in [3.05, 3.63) is 47.7 Å². The number of nitrogens with one attached hydrogen (secondary N) is 3. The lowest BCUT2D eigenvalue weighted by atomic mass is 10.0. The van der Waals surface area contributed by atoms with Crippen molar-refractivity contribution in [3.63, 3.8) is 0 Å². The molecule has 3 atom stereocenters. The first kappa shape index (κ1) is 27.1. The highest BCUT2D eigenvalue weighted by Gasteiger charge is 2.28. The first-order valence-corrected chi connectivity index (χ1v) is 13.5. The Morgan fingerprint density at radius 2 is 2.18 bits per heavy atom. The number of aromatic nitrogens is 2. The van der Waals surface area contributed by atoms with E-state index in [4.69, 9.17) is 9.47 Å². The Kier molecular flexibility index (Phi) is 8.45. The van der Waals surface area contributed by atoms with Gasteiger partial charge in [0.15, 0.2) is 0 Å². The second kappa shape index (κ2) is 12.2. The van der Waals surface area contributed by atoms with Gasteiger partial charge in [0.25, 0.3) is 5.91 Å². The molecule has 2 aliphatic rings. The molecule has 0 unspecified atom stereocenters. The zero-order chi connectivity index (χ0) is 27.4. The molecule has 9 nitrogen and oxygen atoms in total. The fourth-order valence-corrected chi connectivity index (χ4v) is 5.09. The van der Waals surface area contributed by atoms with Crippen LogP contribution in [0.1, 0.15) is 28.9 Å². The summed E-state index contributed by atoms with van der Waals surface area (Å²) in [5, 5.41) is 14.2. The molecule has 2 aliphatic heterocycles. The molecular formula is C28H33FN6O3S. The van der Waals surface area contributed by atoms with E-state index in [0.29, 0.717) is 60.4 Å². The van der Waals surface area contributed by atoms with E-state index in [9.17, 15) is 9.18 Å². The minimum atomic E-state index is -0.960. The van der Waals surface area contributed by atoms with Gasteiger partial charge in [0.05, 0.1) is 48.4 Å². The van der Waals surface area contributed by atoms with Crippen LogP contribution in [0.4, 0.5) is 15.9 Å². The summed E-state index contributed by atoms with van der Waals surface area (Å²) in [7, 11) is 3.49. The average Bonchev–Trinajstić information content (AvgIpc) is 3.56. The Balaban J connectivity index is 1.25. The van der Waals surface area contributed by atoms with Crippen molar-refractivity contribution in [1.29, 1.82) is 0 Å². The van der Waals surface area contributed by atoms with Crippen molar-refractivity contribution in [3.8, 4) is 17.6 Å². The predicted molar refractivity (Wildman–Crippen MR) is 152 cm³/mol. The number of amides is 1. The predicted octanol–water partition coefficient (Wildman–Crippen LogP) is 3.07. The molecule has 0 spiro atoms. The molecule has 0 bridgehead atoms. The summed E-state index contributed by atoms with van der Waals surface area (Å²) in [5.74, 6) is 7.26. The third-order valence-electron chi connectivity index (χ3n) is 7.01. The molecule has 3 N–H and O–H groups in total. The molecule has 11 heteroatoms. The van der Waals surface area contributed by atoms with Crippen LogP contribution in [0.5, 0.6) is 5.75 Å². The lowest BCUT2D eigenvalue weighted by Crippen LogP contribution is -2.46. The summed E-state index contributed by atoms with van der Waals surface area (Å²) in [6, 6.07) is 10.7. The molecule has 0 aliphatic carbocycles. The van der Waals surface area contributed by atoms with Crippen molar-refractivity contribution in [2.45, 2.75) is 36.0 Å². The third kappa shape index (κ3) is 6.24. The molecule has 0 saturated carbocycles. The van der Waals surface area contributed by atoms with Crippen molar-refractivity contribution < 1.29 is 18.7 Å². The Labute approximate surface area is 232 Å². The molecule has 3 aromatic rings. The van der Waals surface area contributed by atoms with Gasteiger partial charge in [-0.3, -0.25) is 4.79 Å². The molecule has 4 heterocycles. The maximum atomic E-state index is 14.6. The van der Waals surface area contributed by atoms with E-state index in [1.807, 2.05) is 30.1 Å². The van der Waals surface area contributed by atoms with Crippen LogP contribution in [0, 0.1) is 11.8 Å². The highest BCUT2D eigenvalue weighted by Crippen LogP contribution is 2.27. The number of carbonyl (C=O) groups excluding carboxylic acids is 1. The van der Waals surface area contributed by atoms with Gasteiger partial charge in [-0.1, -0.05) is 12.0 Å². The summed E-state index contributed by atoms with van der Waals surface area (Å²) in [4.78, 5) is 15.2. The van der Waals surface area contributed by atoms with Crippen LogP contribution in [0.3, 0.4) is 0 Å². The lowest BCUT2D eigenvalue weighted by Gasteiger charge is -2.33. The number of hydrogen-bond acceptors (Lipinski definition) is 8. The molecule has 2 fully saturated rings. The Morgan fingerprint density at radius 1 is 1.31 bits per heavy atom. The van der Waals surface area contributed by atoms with Gasteiger partial charge in [-0.25, -0.2) is 8.91 Å². The third-order valence-corrected chi connectivity index (χ3v) is 7.45. The van der Waals surface area contributed by atoms with Crippen molar-refractivity contribution >= 4 is 35.6 Å². The minimum Gasteiger partial charge on any atom is -0.495 e. The minimum absolute atomic E-state index is 0.0367. The highest BCUT2D eigenvalue weighted by atomic mass is 32.1. The molecule has 2 saturated heterocycles. The summed E-state index contributed by atoms with van der Waals surface area (Å²) in [6.07, 6.45) is 0.569. The molecule has 39 heavy (non-hydrogen) atoms. The van der Waals surface area contributed by atoms with Crippen molar-refractivity contribution in [2.24, 2.45) is 0 Å². The fraction of sp³-hybridized carbons (Fsp3) is 0.429. The monoisotopic (exact) mass is 552 g/mol. The van der Waals surface area contributed by atoms with Crippen molar-refractivity contribution in [1.82, 2.24) is 19.8 Å². The van der Waals surface area contributed by atoms with Crippen LogP contribution in [0.15, 0.2) is 41.3 Å². The number of likely N-dealkylation sites (tertiary alicyclic amines) is 1. The van der Waals surface area contributed by atoms with E-state index in [1.54, 1.807) is 29.8 Å². The highest BCUT2D eigenvalue weighted by molar-refractivity contribution is 7.80. The summed E-state index contributed by atoms with van der Waals surface area (Å²) in [5.41, 5.74) is 2.57. The molecule has 2 aromatic heterocycles. The Morgan fingerprint density at radius 3 is 2.95 bits per heavy atom. The quantitative estimate of drug-likeness (QED) is 0.265. The molecule has 1 aromatic carbocycles. The van der Waals surface area contributed by atoms with Crippen molar-refractivity contribution in [2.75, 3.05) is 57.6 Å². The largest absolute Gasteiger partial charge is 0.495 e. The van der Waals surface area contributed by atoms with Crippen LogP contribution in [-0.4, -0.2) is 85.7 Å². The van der Waals surface area contributed by atoms with Gasteiger partial charge in [0.2, 0.25) is 0 Å². The SMILES string of the molecule is COc1cc(C(=O)N[C@@H]2CCOC2)ccc1NCC#Cc1nn2c(N[C@@H]3CCN(C)C[C@@H]3F)cccc2c1S. The van der Waals surface area contributed by atoms with Gasteiger partial charge in [-0.15, -0.1) is 12.6 Å². The van der Waals surface area contributed by atoms with E-state index in [-0.39, 0.29) is 18.0 Å². The number of ether oxygens (including phenoxy) is 2. The number of benzene rings is 1. The number of piperidine rings is 1. The topological polar surface area (TPSA) is 92.2 Å². The van der Waals surface area contributed by atoms with Gasteiger partial charge in [0, 0.05) is 25.3 Å². The lowest BCUT2D eigenvalue weighted by molar-refractivity contribution is 0.0929. The van der Waals surface area contributed by atoms with Gasteiger partial charge in [-0.2, -0.15) is 5.10 Å². The molecule has 0 radical (unpaired) electrons. The van der Waals surface area contributed by atoms with Gasteiger partial charge in [0.1, 0.15) is 23.4 Å². The Hall–Kier alpha value is -3.46. The van der Waals surface area contributed by atoms with Crippen LogP contribution in [-0.2, 0) is 4.74 Å². The number of anilines is 2. The van der Waals surface area contributed by atoms with Crippen LogP contribution < -0.4 is 20.7 Å². The molecular weight excluding hydrogens is 519 g/mol. The number of hydrogen-bond donors (Lipinski definition) is 4. The number of alkyl halides is 1. The summed E-state index contributed by atoms with van der Waals surface area (Å²) >= 11 is 4.65. The molecule has 1 amide bonds. The molecule has 5 rings (SSSR count). The standard InChI is InChI=1S/C28H33FN6O3S/c1-34-13-10-21(20(29)16-34)32-26-7-3-6-24-27(39)23(33-35(24)26)5-4-12-30-22-9-8-18(15-25(22)37-2)28(36)31-19-11-14-38-17-19/h3,6-9,15,19-21,30,32,39H,10-14,16-17H2,1-2H3,(H,31,36)/t19-,20+,21-/m1/s1. The number of fused-ring (bicyclic) bond motifs is 1. The summed E-state index contributed by atoms with van der Waals surface area (Å²) in [6.45, 7) is 2.77. The fourth-order valence-electron chi connectivity index (χ4n) is 4.82. The van der Waals surface area contributed by atoms with E-state index in [1.165, 1.54) is 0 Å². The number of rotatable bonds is 7.